The van der Waals surface area contributed by atoms with Crippen molar-refractivity contribution in [2.45, 2.75) is 103 Å². The molecule has 4 heteroatoms. The van der Waals surface area contributed by atoms with E-state index in [1.165, 1.54) is 0 Å². The molecule has 0 saturated carbocycles. The van der Waals surface area contributed by atoms with E-state index in [0.717, 1.165) is 17.3 Å². The Morgan fingerprint density at radius 2 is 0.950 bits per heavy atom. The van der Waals surface area contributed by atoms with Gasteiger partial charge in [0.1, 0.15) is 0 Å². The molecule has 0 aromatic carbocycles. The Morgan fingerprint density at radius 3 is 1.15 bits per heavy atom. The van der Waals surface area contributed by atoms with Crippen LogP contribution in [0.5, 0.6) is 0 Å². The summed E-state index contributed by atoms with van der Waals surface area (Å²) in [7, 11) is 0. The molecule has 0 unspecified atom stereocenters. The predicted octanol–water partition coefficient (Wildman–Crippen LogP) is 5.17. The second kappa shape index (κ2) is 7.29. The van der Waals surface area contributed by atoms with Crippen LogP contribution in [0.15, 0.2) is 0 Å². The molecule has 0 radical (unpaired) electrons. The average Bonchev–Trinajstić information content (AvgIpc) is 2.05. The quantitative estimate of drug-likeness (QED) is 0.581. The van der Waals surface area contributed by atoms with Crippen LogP contribution >= 0.6 is 0 Å². The van der Waals surface area contributed by atoms with E-state index >= 15 is 0 Å². The van der Waals surface area contributed by atoms with Gasteiger partial charge in [-0.05, 0) is 0 Å². The Bertz CT molecular complexity index is 241. The van der Waals surface area contributed by atoms with Crippen LogP contribution in [0.2, 0.25) is 4.44 Å². The molecule has 0 bridgehead atoms. The Kier molecular flexibility index (Phi) is 7.54. The van der Waals surface area contributed by atoms with Crippen LogP contribution in [0.4, 0.5) is 0 Å². The van der Waals surface area contributed by atoms with E-state index in [2.05, 4.69) is 69.2 Å². The molecule has 0 N–H and O–H groups in total. The summed E-state index contributed by atoms with van der Waals surface area (Å²) >= 11 is -3.61. The Morgan fingerprint density at radius 1 is 0.650 bits per heavy atom. The molecule has 0 aliphatic heterocycles. The summed E-state index contributed by atoms with van der Waals surface area (Å²) in [5.74, 6) is 0. The molecule has 122 valence electrons. The molecule has 3 nitrogen and oxygen atoms in total. The molecule has 0 amide bonds. The number of hydrogen-bond acceptors (Lipinski definition) is 3. The Hall–Kier alpha value is 0.679. The third kappa shape index (κ3) is 10.4. The van der Waals surface area contributed by atoms with E-state index in [-0.39, 0.29) is 16.8 Å². The van der Waals surface area contributed by atoms with Crippen molar-refractivity contribution in [1.29, 1.82) is 0 Å². The van der Waals surface area contributed by atoms with Crippen molar-refractivity contribution in [2.75, 3.05) is 0 Å². The minimum absolute atomic E-state index is 0.236. The number of rotatable bonds is 6. The van der Waals surface area contributed by atoms with Crippen molar-refractivity contribution in [1.82, 2.24) is 0 Å². The molecule has 0 rings (SSSR count). The van der Waals surface area contributed by atoms with Gasteiger partial charge in [0.15, 0.2) is 0 Å². The predicted molar refractivity (Wildman–Crippen MR) is 88.0 cm³/mol. The third-order valence-electron chi connectivity index (χ3n) is 2.22. The Labute approximate surface area is 132 Å². The van der Waals surface area contributed by atoms with Gasteiger partial charge in [0.05, 0.1) is 0 Å². The molecular formula is C16H36O3Sn. The second-order valence-electron chi connectivity index (χ2n) is 8.43. The van der Waals surface area contributed by atoms with Crippen LogP contribution in [-0.4, -0.2) is 36.4 Å². The average molecular weight is 395 g/mol. The minimum atomic E-state index is -3.61. The molecule has 0 aromatic heterocycles. The molecule has 0 heterocycles. The third-order valence-corrected chi connectivity index (χ3v) is 12.9. The number of hydrogen-bond donors (Lipinski definition) is 0. The van der Waals surface area contributed by atoms with Gasteiger partial charge in [-0.1, -0.05) is 0 Å². The zero-order chi connectivity index (χ0) is 16.2. The normalized spacial score (nSPS) is 14.7. The van der Waals surface area contributed by atoms with E-state index < -0.39 is 19.6 Å². The van der Waals surface area contributed by atoms with Crippen LogP contribution in [0.25, 0.3) is 0 Å². The standard InChI is InChI=1S/3C4H9O.C4H9.Sn/c3*1-4(2,3)5;1-3-4-2;/h3*1-3H3;1,3-4H2,2H3;/q3*-1;;+3. The van der Waals surface area contributed by atoms with Crippen molar-refractivity contribution in [3.63, 3.8) is 0 Å². The summed E-state index contributed by atoms with van der Waals surface area (Å²) in [5, 5.41) is 0. The van der Waals surface area contributed by atoms with Gasteiger partial charge in [-0.25, -0.2) is 0 Å². The van der Waals surface area contributed by atoms with Gasteiger partial charge in [-0.3, -0.25) is 0 Å². The van der Waals surface area contributed by atoms with Gasteiger partial charge in [0, 0.05) is 0 Å². The van der Waals surface area contributed by atoms with E-state index in [9.17, 15) is 0 Å². The Balaban J connectivity index is 5.38. The first-order valence-electron chi connectivity index (χ1n) is 7.79. The first-order chi connectivity index (χ1) is 8.68. The SMILES string of the molecule is CCC[CH2][Sn]([O]C(C)(C)C)([O]C(C)(C)C)[O]C(C)(C)C. The molecule has 0 saturated heterocycles. The molecular weight excluding hydrogens is 359 g/mol. The van der Waals surface area contributed by atoms with Crippen LogP contribution in [0.3, 0.4) is 0 Å². The zero-order valence-corrected chi connectivity index (χ0v) is 18.2. The van der Waals surface area contributed by atoms with Crippen LogP contribution in [0, 0.1) is 0 Å². The van der Waals surface area contributed by atoms with Gasteiger partial charge in [-0.2, -0.15) is 0 Å². The van der Waals surface area contributed by atoms with Gasteiger partial charge in [0.25, 0.3) is 0 Å². The van der Waals surface area contributed by atoms with Gasteiger partial charge in [-0.15, -0.1) is 0 Å². The summed E-state index contributed by atoms with van der Waals surface area (Å²) in [6.45, 7) is 21.0. The van der Waals surface area contributed by atoms with E-state index in [1.807, 2.05) is 0 Å². The molecule has 0 aromatic rings. The van der Waals surface area contributed by atoms with Crippen molar-refractivity contribution < 1.29 is 9.22 Å². The monoisotopic (exact) mass is 396 g/mol. The topological polar surface area (TPSA) is 27.7 Å². The van der Waals surface area contributed by atoms with E-state index in [1.54, 1.807) is 0 Å². The summed E-state index contributed by atoms with van der Waals surface area (Å²) in [6, 6.07) is 0. The molecule has 0 aliphatic carbocycles. The van der Waals surface area contributed by atoms with Crippen molar-refractivity contribution in [3.05, 3.63) is 0 Å². The fourth-order valence-corrected chi connectivity index (χ4v) is 13.5. The molecule has 0 atom stereocenters. The van der Waals surface area contributed by atoms with Crippen LogP contribution in [0.1, 0.15) is 82.1 Å². The van der Waals surface area contributed by atoms with Crippen LogP contribution in [-0.2, 0) is 9.22 Å². The van der Waals surface area contributed by atoms with E-state index in [0.29, 0.717) is 0 Å². The molecule has 0 spiro atoms. The first-order valence-corrected chi connectivity index (χ1v) is 13.3. The summed E-state index contributed by atoms with van der Waals surface area (Å²) in [5.41, 5.74) is -0.707. The fourth-order valence-electron chi connectivity index (χ4n) is 2.01. The maximum atomic E-state index is 6.45. The van der Waals surface area contributed by atoms with Gasteiger partial charge < -0.3 is 0 Å². The van der Waals surface area contributed by atoms with Crippen LogP contribution < -0.4 is 0 Å². The van der Waals surface area contributed by atoms with Crippen molar-refractivity contribution in [2.24, 2.45) is 0 Å². The van der Waals surface area contributed by atoms with E-state index in [4.69, 9.17) is 9.22 Å². The van der Waals surface area contributed by atoms with Gasteiger partial charge >= 0.3 is 132 Å². The molecule has 0 fully saturated rings. The first kappa shape index (κ1) is 20.7. The zero-order valence-electron chi connectivity index (χ0n) is 15.3. The summed E-state index contributed by atoms with van der Waals surface area (Å²) in [4.78, 5) is 0. The van der Waals surface area contributed by atoms with Gasteiger partial charge in [0.2, 0.25) is 0 Å². The van der Waals surface area contributed by atoms with Crippen molar-refractivity contribution >= 4 is 19.6 Å². The maximum absolute atomic E-state index is 6.45. The summed E-state index contributed by atoms with van der Waals surface area (Å²) < 4.78 is 20.3. The fraction of sp³-hybridized carbons (Fsp3) is 1.00. The number of unbranched alkanes of at least 4 members (excludes halogenated alkanes) is 1. The molecule has 0 aliphatic rings. The summed E-state index contributed by atoms with van der Waals surface area (Å²) in [6.07, 6.45) is 2.23. The molecule has 20 heavy (non-hydrogen) atoms. The van der Waals surface area contributed by atoms with Crippen molar-refractivity contribution in [3.8, 4) is 0 Å². The second-order valence-corrected chi connectivity index (χ2v) is 15.5.